The molecule has 13 heteroatoms. The first-order valence-corrected chi connectivity index (χ1v) is 19.9. The highest BCUT2D eigenvalue weighted by atomic mass is 35.5. The van der Waals surface area contributed by atoms with Crippen LogP contribution in [-0.2, 0) is 50.6 Å². The van der Waals surface area contributed by atoms with E-state index in [0.29, 0.717) is 44.1 Å². The second-order valence-electron chi connectivity index (χ2n) is 14.4. The highest BCUT2D eigenvalue weighted by Crippen LogP contribution is 2.42. The zero-order valence-electron chi connectivity index (χ0n) is 31.3. The van der Waals surface area contributed by atoms with Crippen molar-refractivity contribution >= 4 is 51.0 Å². The van der Waals surface area contributed by atoms with Crippen LogP contribution in [0.4, 0.5) is 0 Å². The minimum absolute atomic E-state index is 0.265. The summed E-state index contributed by atoms with van der Waals surface area (Å²) in [6.45, 7) is 8.55. The maximum Gasteiger partial charge on any atom is 0.352 e. The zero-order valence-corrected chi connectivity index (χ0v) is 32.8. The Hall–Kier alpha value is -4.33. The van der Waals surface area contributed by atoms with Crippen LogP contribution in [0.3, 0.4) is 0 Å². The smallest absolute Gasteiger partial charge is 0.352 e. The Morgan fingerprint density at radius 3 is 2.57 bits per heavy atom. The molecule has 8 bridgehead atoms. The fourth-order valence-corrected chi connectivity index (χ4v) is 9.33. The van der Waals surface area contributed by atoms with Crippen LogP contribution < -0.4 is 4.74 Å². The first-order valence-electron chi connectivity index (χ1n) is 18.5. The van der Waals surface area contributed by atoms with Gasteiger partial charge in [0.15, 0.2) is 0 Å². The Kier molecular flexibility index (Phi) is 10.5. The number of thioether (sulfide) groups is 1. The fourth-order valence-electron chi connectivity index (χ4n) is 8.10. The van der Waals surface area contributed by atoms with E-state index in [1.54, 1.807) is 11.8 Å². The van der Waals surface area contributed by atoms with Crippen LogP contribution in [0, 0.1) is 6.92 Å². The molecular formula is C41H46ClN7O4S. The molecule has 3 aromatic heterocycles. The predicted molar refractivity (Wildman–Crippen MR) is 214 cm³/mol. The van der Waals surface area contributed by atoms with Gasteiger partial charge in [-0.25, -0.2) is 4.79 Å². The standard InChI is InChI=1S/C41H46ClN7O4S/c1-26-37-35(44-49(26)14-13-48-15-18-52-19-16-48)24-45(2)23-28-21-29(47(4)43-28)25-54-30-20-27-8-5-6-9-31(27)36(22-30)53-17-7-10-32-33-11-12-34(42)38(37)39(33)46(3)40(32)41(50)51/h5-6,8-9,11-12,20-22H,7,10,13-19,23-25H2,1-4H3,(H,50,51). The van der Waals surface area contributed by atoms with Gasteiger partial charge in [-0.2, -0.15) is 10.2 Å². The highest BCUT2D eigenvalue weighted by Gasteiger charge is 2.28. The average Bonchev–Trinajstić information content (AvgIpc) is 3.76. The molecule has 5 heterocycles. The lowest BCUT2D eigenvalue weighted by molar-refractivity contribution is 0.0359. The topological polar surface area (TPSA) is 103 Å². The van der Waals surface area contributed by atoms with Crippen LogP contribution in [0.5, 0.6) is 5.75 Å². The van der Waals surface area contributed by atoms with Gasteiger partial charge in [0.1, 0.15) is 11.4 Å². The van der Waals surface area contributed by atoms with Crippen LogP contribution in [0.15, 0.2) is 59.5 Å². The van der Waals surface area contributed by atoms with Crippen LogP contribution in [-0.4, -0.2) is 91.5 Å². The van der Waals surface area contributed by atoms with E-state index in [4.69, 9.17) is 31.3 Å². The maximum atomic E-state index is 13.0. The van der Waals surface area contributed by atoms with Gasteiger partial charge < -0.3 is 19.1 Å². The second-order valence-corrected chi connectivity index (χ2v) is 15.9. The lowest BCUT2D eigenvalue weighted by Crippen LogP contribution is -2.38. The Morgan fingerprint density at radius 1 is 0.944 bits per heavy atom. The molecule has 2 aliphatic rings. The molecule has 0 spiro atoms. The summed E-state index contributed by atoms with van der Waals surface area (Å²) in [6.07, 6.45) is 1.16. The summed E-state index contributed by atoms with van der Waals surface area (Å²) in [5.74, 6) is 0.621. The third-order valence-electron chi connectivity index (χ3n) is 10.8. The van der Waals surface area contributed by atoms with Gasteiger partial charge >= 0.3 is 5.97 Å². The summed E-state index contributed by atoms with van der Waals surface area (Å²) in [4.78, 5) is 18.7. The third kappa shape index (κ3) is 7.13. The largest absolute Gasteiger partial charge is 0.493 e. The number of halogens is 1. The number of benzene rings is 3. The zero-order chi connectivity index (χ0) is 37.5. The van der Waals surface area contributed by atoms with Crippen molar-refractivity contribution in [2.24, 2.45) is 14.1 Å². The molecule has 3 aromatic carbocycles. The number of hydrogen-bond acceptors (Lipinski definition) is 8. The number of fused-ring (bicyclic) bond motifs is 8. The molecule has 282 valence electrons. The van der Waals surface area contributed by atoms with E-state index in [1.165, 1.54) is 0 Å². The lowest BCUT2D eigenvalue weighted by Gasteiger charge is -2.26. The van der Waals surface area contributed by atoms with Crippen molar-refractivity contribution in [3.63, 3.8) is 0 Å². The third-order valence-corrected chi connectivity index (χ3v) is 12.1. The molecule has 0 unspecified atom stereocenters. The summed E-state index contributed by atoms with van der Waals surface area (Å²) in [5.41, 5.74) is 7.61. The number of hydrogen-bond donors (Lipinski definition) is 1. The average molecular weight is 768 g/mol. The van der Waals surface area contributed by atoms with Gasteiger partial charge in [0, 0.05) is 90.8 Å². The van der Waals surface area contributed by atoms with E-state index in [1.807, 2.05) is 47.6 Å². The van der Waals surface area contributed by atoms with Crippen molar-refractivity contribution < 1.29 is 19.4 Å². The van der Waals surface area contributed by atoms with Crippen molar-refractivity contribution in [2.75, 3.05) is 46.5 Å². The van der Waals surface area contributed by atoms with E-state index in [2.05, 4.69) is 58.8 Å². The number of carboxylic acid groups (broad SMARTS) is 1. The SMILES string of the molecule is Cc1c2c(nn1CCN1CCOCC1)CN(C)Cc1cc(n(C)n1)CSc1cc(c3ccccc3c1)OCCCc1c(C(=O)O)n(C)c3c-2c(Cl)ccc13. The molecule has 6 aromatic rings. The van der Waals surface area contributed by atoms with Crippen LogP contribution >= 0.6 is 23.4 Å². The lowest BCUT2D eigenvalue weighted by atomic mass is 9.98. The molecular weight excluding hydrogens is 722 g/mol. The van der Waals surface area contributed by atoms with Gasteiger partial charge in [0.05, 0.1) is 48.3 Å². The van der Waals surface area contributed by atoms with Crippen LogP contribution in [0.2, 0.25) is 5.02 Å². The molecule has 0 amide bonds. The van der Waals surface area contributed by atoms with Gasteiger partial charge in [-0.05, 0) is 62.0 Å². The Labute approximate surface area is 324 Å². The van der Waals surface area contributed by atoms with Gasteiger partial charge in [0.25, 0.3) is 0 Å². The number of nitrogens with zero attached hydrogens (tertiary/aromatic N) is 7. The molecule has 0 radical (unpaired) electrons. The molecule has 54 heavy (non-hydrogen) atoms. The highest BCUT2D eigenvalue weighted by molar-refractivity contribution is 7.98. The summed E-state index contributed by atoms with van der Waals surface area (Å²) < 4.78 is 18.0. The monoisotopic (exact) mass is 767 g/mol. The number of aromatic carboxylic acids is 1. The molecule has 0 aliphatic carbocycles. The molecule has 0 atom stereocenters. The van der Waals surface area contributed by atoms with Crippen LogP contribution in [0.1, 0.15) is 45.2 Å². The number of ether oxygens (including phenoxy) is 2. The first kappa shape index (κ1) is 36.6. The van der Waals surface area contributed by atoms with E-state index >= 15 is 0 Å². The van der Waals surface area contributed by atoms with Gasteiger partial charge in [-0.3, -0.25) is 19.2 Å². The summed E-state index contributed by atoms with van der Waals surface area (Å²) >= 11 is 8.95. The molecule has 2 aliphatic heterocycles. The Bertz CT molecular complexity index is 2360. The van der Waals surface area contributed by atoms with Crippen molar-refractivity contribution in [1.29, 1.82) is 0 Å². The first-order chi connectivity index (χ1) is 26.2. The minimum Gasteiger partial charge on any atom is -0.493 e. The summed E-state index contributed by atoms with van der Waals surface area (Å²) in [7, 11) is 5.93. The molecule has 1 fully saturated rings. The number of carboxylic acids is 1. The number of carbonyl (C=O) groups is 1. The van der Waals surface area contributed by atoms with Crippen molar-refractivity contribution in [2.45, 2.75) is 50.0 Å². The fraction of sp³-hybridized carbons (Fsp3) is 0.390. The Balaban J connectivity index is 1.24. The van der Waals surface area contributed by atoms with Crippen molar-refractivity contribution in [3.8, 4) is 16.9 Å². The quantitative estimate of drug-likeness (QED) is 0.200. The molecule has 1 saturated heterocycles. The molecule has 0 saturated carbocycles. The molecule has 1 N–H and O–H groups in total. The summed E-state index contributed by atoms with van der Waals surface area (Å²) in [6, 6.07) is 18.7. The van der Waals surface area contributed by atoms with Gasteiger partial charge in [-0.1, -0.05) is 41.9 Å². The van der Waals surface area contributed by atoms with Crippen molar-refractivity contribution in [3.05, 3.63) is 93.7 Å². The number of aryl methyl sites for hydroxylation is 3. The van der Waals surface area contributed by atoms with Crippen molar-refractivity contribution in [1.82, 2.24) is 33.9 Å². The minimum atomic E-state index is -0.968. The Morgan fingerprint density at radius 2 is 1.76 bits per heavy atom. The van der Waals surface area contributed by atoms with Gasteiger partial charge in [-0.15, -0.1) is 11.8 Å². The summed E-state index contributed by atoms with van der Waals surface area (Å²) in [5, 5.41) is 24.4. The van der Waals surface area contributed by atoms with E-state index in [0.717, 1.165) is 110 Å². The maximum absolute atomic E-state index is 13.0. The van der Waals surface area contributed by atoms with Gasteiger partial charge in [0.2, 0.25) is 0 Å². The second kappa shape index (κ2) is 15.4. The van der Waals surface area contributed by atoms with Crippen LogP contribution in [0.25, 0.3) is 32.8 Å². The van der Waals surface area contributed by atoms with E-state index in [-0.39, 0.29) is 5.69 Å². The molecule has 8 rings (SSSR count). The molecule has 11 nitrogen and oxygen atoms in total. The number of aromatic nitrogens is 5. The van der Waals surface area contributed by atoms with E-state index < -0.39 is 5.97 Å². The number of rotatable bonds is 4. The van der Waals surface area contributed by atoms with E-state index in [9.17, 15) is 9.90 Å². The number of morpholine rings is 1. The predicted octanol–water partition coefficient (Wildman–Crippen LogP) is 7.17. The normalized spacial score (nSPS) is 16.4.